The van der Waals surface area contributed by atoms with Crippen LogP contribution in [0.1, 0.15) is 34.9 Å². The minimum Gasteiger partial charge on any atom is -0.389 e. The molecule has 3 aromatic rings. The highest BCUT2D eigenvalue weighted by Gasteiger charge is 2.18. The van der Waals surface area contributed by atoms with Gasteiger partial charge < -0.3 is 4.84 Å². The smallest absolute Gasteiger partial charge is 0.204 e. The topological polar surface area (TPSA) is 78.1 Å². The molecular formula is C19H18N6OS2. The van der Waals surface area contributed by atoms with Crippen LogP contribution in [-0.2, 0) is 18.5 Å². The molecule has 0 aliphatic heterocycles. The maximum absolute atomic E-state index is 5.61. The van der Waals surface area contributed by atoms with Crippen molar-refractivity contribution in [2.45, 2.75) is 24.3 Å². The van der Waals surface area contributed by atoms with E-state index in [4.69, 9.17) is 4.84 Å². The summed E-state index contributed by atoms with van der Waals surface area (Å²) in [5.74, 6) is 7.45. The Kier molecular flexibility index (Phi) is 5.69. The first-order valence-corrected chi connectivity index (χ1v) is 10.9. The molecule has 142 valence electrons. The molecule has 0 radical (unpaired) electrons. The molecule has 1 saturated carbocycles. The van der Waals surface area contributed by atoms with E-state index in [1.807, 2.05) is 35.9 Å². The molecule has 1 aliphatic carbocycles. The molecule has 0 amide bonds. The Morgan fingerprint density at radius 1 is 1.43 bits per heavy atom. The number of oxime groups is 1. The van der Waals surface area contributed by atoms with Gasteiger partial charge in [-0.1, -0.05) is 23.2 Å². The van der Waals surface area contributed by atoms with E-state index in [0.29, 0.717) is 17.5 Å². The Labute approximate surface area is 171 Å². The third-order valence-electron chi connectivity index (χ3n) is 4.06. The Morgan fingerprint density at radius 2 is 2.32 bits per heavy atom. The van der Waals surface area contributed by atoms with Crippen molar-refractivity contribution >= 4 is 28.8 Å². The molecule has 0 unspecified atom stereocenters. The van der Waals surface area contributed by atoms with E-state index >= 15 is 0 Å². The molecule has 2 heterocycles. The monoisotopic (exact) mass is 410 g/mol. The predicted molar refractivity (Wildman–Crippen MR) is 109 cm³/mol. The van der Waals surface area contributed by atoms with Gasteiger partial charge in [0.25, 0.3) is 0 Å². The molecule has 9 heteroatoms. The summed E-state index contributed by atoms with van der Waals surface area (Å²) < 4.78 is 1.57. The summed E-state index contributed by atoms with van der Waals surface area (Å²) in [6.07, 6.45) is 4.45. The van der Waals surface area contributed by atoms with Gasteiger partial charge in [0.15, 0.2) is 17.3 Å². The van der Waals surface area contributed by atoms with Gasteiger partial charge in [0.05, 0.1) is 5.69 Å². The Morgan fingerprint density at radius 3 is 3.07 bits per heavy atom. The van der Waals surface area contributed by atoms with Gasteiger partial charge in [-0.05, 0) is 47.6 Å². The molecule has 1 aliphatic rings. The van der Waals surface area contributed by atoms with Gasteiger partial charge in [-0.2, -0.15) is 0 Å². The molecule has 7 nitrogen and oxygen atoms in total. The lowest BCUT2D eigenvalue weighted by Crippen LogP contribution is -2.12. The van der Waals surface area contributed by atoms with E-state index < -0.39 is 0 Å². The Bertz CT molecular complexity index is 1060. The van der Waals surface area contributed by atoms with Gasteiger partial charge in [0.1, 0.15) is 0 Å². The van der Waals surface area contributed by atoms with Gasteiger partial charge >= 0.3 is 0 Å². The van der Waals surface area contributed by atoms with Crippen LogP contribution in [-0.4, -0.2) is 37.2 Å². The second-order valence-corrected chi connectivity index (χ2v) is 8.00. The summed E-state index contributed by atoms with van der Waals surface area (Å²) in [6.45, 7) is 0.263. The van der Waals surface area contributed by atoms with Crippen molar-refractivity contribution in [3.63, 3.8) is 0 Å². The summed E-state index contributed by atoms with van der Waals surface area (Å²) in [6, 6.07) is 8.02. The van der Waals surface area contributed by atoms with Gasteiger partial charge in [0.2, 0.25) is 5.82 Å². The van der Waals surface area contributed by atoms with Crippen molar-refractivity contribution in [2.24, 2.45) is 18.1 Å². The average molecular weight is 411 g/mol. The Hall–Kier alpha value is -2.70. The molecular weight excluding hydrogens is 392 g/mol. The van der Waals surface area contributed by atoms with Crippen molar-refractivity contribution in [1.29, 1.82) is 0 Å². The highest BCUT2D eigenvalue weighted by atomic mass is 32.2. The first kappa shape index (κ1) is 18.7. The number of tetrazole rings is 1. The van der Waals surface area contributed by atoms with Crippen molar-refractivity contribution in [3.05, 3.63) is 51.7 Å². The molecule has 0 saturated heterocycles. The maximum atomic E-state index is 5.61. The maximum Gasteiger partial charge on any atom is 0.204 e. The van der Waals surface area contributed by atoms with Crippen molar-refractivity contribution in [1.82, 2.24) is 25.2 Å². The number of rotatable bonds is 6. The second-order valence-electron chi connectivity index (χ2n) is 6.26. The first-order valence-electron chi connectivity index (χ1n) is 8.76. The van der Waals surface area contributed by atoms with Crippen molar-refractivity contribution in [2.75, 3.05) is 6.26 Å². The zero-order valence-electron chi connectivity index (χ0n) is 15.5. The van der Waals surface area contributed by atoms with E-state index in [0.717, 1.165) is 21.2 Å². The number of thiazole rings is 1. The quantitative estimate of drug-likeness (QED) is 0.269. The number of nitrogens with zero attached hydrogens (tertiary/aromatic N) is 6. The fraction of sp³-hybridized carbons (Fsp3) is 0.316. The minimum absolute atomic E-state index is 0.263. The molecule has 1 fully saturated rings. The average Bonchev–Trinajstić information content (AvgIpc) is 3.29. The van der Waals surface area contributed by atoms with Crippen molar-refractivity contribution in [3.8, 4) is 11.8 Å². The number of benzene rings is 1. The summed E-state index contributed by atoms with van der Waals surface area (Å²) in [5.41, 5.74) is 2.27. The van der Waals surface area contributed by atoms with E-state index in [9.17, 15) is 0 Å². The molecule has 0 atom stereocenters. The normalized spacial score (nSPS) is 13.9. The SMILES string of the molecule is CSc1cccc(C(=NOCc2csc(C#CC3CC3)n2)c2nnnn2C)c1. The van der Waals surface area contributed by atoms with Crippen LogP contribution in [0.3, 0.4) is 0 Å². The standard InChI is InChI=1S/C19H18N6OS2/c1-25-19(21-23-24-25)18(14-4-3-5-16(10-14)27-2)22-26-11-15-12-28-17(20-15)9-8-13-6-7-13/h3-5,10,12-13H,6-7,11H2,1-2H3. The fourth-order valence-corrected chi connectivity index (χ4v) is 3.52. The molecule has 0 spiro atoms. The van der Waals surface area contributed by atoms with Crippen LogP contribution in [0.5, 0.6) is 0 Å². The highest BCUT2D eigenvalue weighted by Crippen LogP contribution is 2.27. The number of hydrogen-bond acceptors (Lipinski definition) is 8. The molecule has 28 heavy (non-hydrogen) atoms. The van der Waals surface area contributed by atoms with Crippen LogP contribution in [0.2, 0.25) is 0 Å². The van der Waals surface area contributed by atoms with Gasteiger partial charge in [-0.3, -0.25) is 0 Å². The lowest BCUT2D eigenvalue weighted by Gasteiger charge is -2.06. The van der Waals surface area contributed by atoms with Crippen LogP contribution in [0.25, 0.3) is 0 Å². The van der Waals surface area contributed by atoms with Gasteiger partial charge in [-0.25, -0.2) is 9.67 Å². The molecule has 0 bridgehead atoms. The first-order chi connectivity index (χ1) is 13.7. The van der Waals surface area contributed by atoms with Crippen LogP contribution >= 0.6 is 23.1 Å². The zero-order chi connectivity index (χ0) is 19.3. The number of aryl methyl sites for hydroxylation is 1. The van der Waals surface area contributed by atoms with Crippen molar-refractivity contribution < 1.29 is 4.84 Å². The van der Waals surface area contributed by atoms with Crippen LogP contribution in [0.4, 0.5) is 0 Å². The third-order valence-corrected chi connectivity index (χ3v) is 5.59. The molecule has 0 N–H and O–H groups in total. The van der Waals surface area contributed by atoms with Gasteiger partial charge in [-0.15, -0.1) is 28.2 Å². The number of aromatic nitrogens is 5. The second kappa shape index (κ2) is 8.54. The lowest BCUT2D eigenvalue weighted by molar-refractivity contribution is 0.128. The molecule has 4 rings (SSSR count). The summed E-state index contributed by atoms with van der Waals surface area (Å²) in [7, 11) is 1.77. The van der Waals surface area contributed by atoms with E-state index in [2.05, 4.69) is 37.5 Å². The highest BCUT2D eigenvalue weighted by molar-refractivity contribution is 7.98. The third kappa shape index (κ3) is 4.58. The predicted octanol–water partition coefficient (Wildman–Crippen LogP) is 3.12. The summed E-state index contributed by atoms with van der Waals surface area (Å²) in [4.78, 5) is 11.2. The molecule has 1 aromatic carbocycles. The van der Waals surface area contributed by atoms with Crippen LogP contribution in [0, 0.1) is 17.8 Å². The Balaban J connectivity index is 1.52. The molecule has 2 aromatic heterocycles. The van der Waals surface area contributed by atoms with Gasteiger partial charge in [0, 0.05) is 28.8 Å². The summed E-state index contributed by atoms with van der Waals surface area (Å²) in [5, 5.41) is 18.8. The van der Waals surface area contributed by atoms with E-state index in [-0.39, 0.29) is 6.61 Å². The lowest BCUT2D eigenvalue weighted by atomic mass is 10.1. The van der Waals surface area contributed by atoms with Crippen LogP contribution in [0.15, 0.2) is 39.7 Å². The number of hydrogen-bond donors (Lipinski definition) is 0. The largest absolute Gasteiger partial charge is 0.389 e. The number of thioether (sulfide) groups is 1. The van der Waals surface area contributed by atoms with Crippen LogP contribution < -0.4 is 0 Å². The minimum atomic E-state index is 0.263. The summed E-state index contributed by atoms with van der Waals surface area (Å²) >= 11 is 3.19. The van der Waals surface area contributed by atoms with E-state index in [1.165, 1.54) is 24.2 Å². The fourth-order valence-electron chi connectivity index (χ4n) is 2.41. The zero-order valence-corrected chi connectivity index (χ0v) is 17.1. The van der Waals surface area contributed by atoms with E-state index in [1.54, 1.807) is 23.5 Å².